The van der Waals surface area contributed by atoms with Crippen molar-refractivity contribution < 1.29 is 4.79 Å². The maximum Gasteiger partial charge on any atom is 0.222 e. The summed E-state index contributed by atoms with van der Waals surface area (Å²) >= 11 is 0. The van der Waals surface area contributed by atoms with E-state index in [1.807, 2.05) is 35.2 Å². The van der Waals surface area contributed by atoms with E-state index in [1.165, 1.54) is 12.8 Å². The fraction of sp³-hybridized carbons (Fsp3) is 0.611. The van der Waals surface area contributed by atoms with E-state index in [-0.39, 0.29) is 11.9 Å². The van der Waals surface area contributed by atoms with Crippen molar-refractivity contribution in [3.05, 3.63) is 35.9 Å². The zero-order chi connectivity index (χ0) is 15.1. The smallest absolute Gasteiger partial charge is 0.222 e. The number of hydrogen-bond acceptors (Lipinski definition) is 2. The van der Waals surface area contributed by atoms with Gasteiger partial charge in [0.25, 0.3) is 0 Å². The van der Waals surface area contributed by atoms with Gasteiger partial charge in [0.05, 0.1) is 0 Å². The maximum absolute atomic E-state index is 12.4. The Morgan fingerprint density at radius 3 is 2.76 bits per heavy atom. The van der Waals surface area contributed by atoms with Gasteiger partial charge in [-0.3, -0.25) is 4.79 Å². The van der Waals surface area contributed by atoms with Crippen molar-refractivity contribution in [2.45, 2.75) is 51.5 Å². The van der Waals surface area contributed by atoms with E-state index in [0.29, 0.717) is 6.42 Å². The highest BCUT2D eigenvalue weighted by molar-refractivity contribution is 5.76. The minimum atomic E-state index is -0.0366. The van der Waals surface area contributed by atoms with Crippen LogP contribution in [0.4, 0.5) is 0 Å². The van der Waals surface area contributed by atoms with E-state index in [0.717, 1.165) is 43.8 Å². The van der Waals surface area contributed by atoms with Gasteiger partial charge in [-0.2, -0.15) is 0 Å². The Bertz CT molecular complexity index is 432. The lowest BCUT2D eigenvalue weighted by molar-refractivity contribution is -0.131. The molecular weight excluding hydrogens is 260 g/mol. The molecule has 0 saturated carbocycles. The number of hydrogen-bond donors (Lipinski definition) is 1. The Morgan fingerprint density at radius 1 is 1.29 bits per heavy atom. The predicted octanol–water partition coefficient (Wildman–Crippen LogP) is 3.51. The van der Waals surface area contributed by atoms with Gasteiger partial charge in [0.2, 0.25) is 5.91 Å². The molecule has 2 unspecified atom stereocenters. The third kappa shape index (κ3) is 4.85. The first-order valence-electron chi connectivity index (χ1n) is 8.29. The highest BCUT2D eigenvalue weighted by Crippen LogP contribution is 2.22. The first-order chi connectivity index (χ1) is 10.2. The normalized spacial score (nSPS) is 20.9. The fourth-order valence-corrected chi connectivity index (χ4v) is 3.13. The van der Waals surface area contributed by atoms with Crippen molar-refractivity contribution in [2.24, 2.45) is 11.7 Å². The molecule has 0 radical (unpaired) electrons. The first kappa shape index (κ1) is 16.0. The minimum Gasteiger partial charge on any atom is -0.343 e. The van der Waals surface area contributed by atoms with E-state index in [9.17, 15) is 4.79 Å². The van der Waals surface area contributed by atoms with Crippen molar-refractivity contribution in [2.75, 3.05) is 13.1 Å². The van der Waals surface area contributed by atoms with Crippen LogP contribution in [0.1, 0.15) is 57.1 Å². The number of nitrogens with zero attached hydrogens (tertiary/aromatic N) is 1. The second-order valence-corrected chi connectivity index (χ2v) is 6.14. The average Bonchev–Trinajstić information content (AvgIpc) is 2.78. The lowest BCUT2D eigenvalue weighted by atomic mass is 9.98. The first-order valence-corrected chi connectivity index (χ1v) is 8.29. The van der Waals surface area contributed by atoms with Crippen molar-refractivity contribution in [1.82, 2.24) is 4.90 Å². The number of likely N-dealkylation sites (tertiary alicyclic amines) is 1. The molecule has 0 aliphatic carbocycles. The number of nitrogens with two attached hydrogens (primary N) is 1. The van der Waals surface area contributed by atoms with Crippen LogP contribution in [0, 0.1) is 5.92 Å². The van der Waals surface area contributed by atoms with E-state index in [4.69, 9.17) is 5.73 Å². The predicted molar refractivity (Wildman–Crippen MR) is 86.8 cm³/mol. The molecule has 2 rings (SSSR count). The van der Waals surface area contributed by atoms with Crippen molar-refractivity contribution in [3.63, 3.8) is 0 Å². The molecule has 2 N–H and O–H groups in total. The van der Waals surface area contributed by atoms with Crippen LogP contribution < -0.4 is 5.73 Å². The van der Waals surface area contributed by atoms with E-state index in [1.54, 1.807) is 0 Å². The largest absolute Gasteiger partial charge is 0.343 e. The molecule has 1 fully saturated rings. The Balaban J connectivity index is 1.79. The van der Waals surface area contributed by atoms with Crippen LogP contribution in [-0.2, 0) is 4.79 Å². The number of amides is 1. The topological polar surface area (TPSA) is 46.3 Å². The lowest BCUT2D eigenvalue weighted by Gasteiger charge is -2.21. The van der Waals surface area contributed by atoms with Crippen molar-refractivity contribution in [1.29, 1.82) is 0 Å². The summed E-state index contributed by atoms with van der Waals surface area (Å²) in [6.45, 7) is 4.11. The Hall–Kier alpha value is -1.35. The summed E-state index contributed by atoms with van der Waals surface area (Å²) in [5, 5.41) is 0. The number of rotatable bonds is 5. The van der Waals surface area contributed by atoms with Gasteiger partial charge in [0.15, 0.2) is 0 Å². The molecule has 116 valence electrons. The minimum absolute atomic E-state index is 0.0366. The average molecular weight is 288 g/mol. The third-order valence-corrected chi connectivity index (χ3v) is 4.67. The second-order valence-electron chi connectivity index (χ2n) is 6.14. The van der Waals surface area contributed by atoms with Crippen LogP contribution in [0.5, 0.6) is 0 Å². The molecule has 0 aromatic heterocycles. The molecule has 1 aliphatic rings. The van der Waals surface area contributed by atoms with Gasteiger partial charge < -0.3 is 10.6 Å². The van der Waals surface area contributed by atoms with E-state index < -0.39 is 0 Å². The molecule has 3 nitrogen and oxygen atoms in total. The SMILES string of the molecule is CCC1CCCN(C(=O)CCC(N)c2ccccc2)CC1. The number of benzene rings is 1. The monoisotopic (exact) mass is 288 g/mol. The molecule has 1 saturated heterocycles. The van der Waals surface area contributed by atoms with Gasteiger partial charge in [-0.1, -0.05) is 43.7 Å². The van der Waals surface area contributed by atoms with Gasteiger partial charge in [-0.15, -0.1) is 0 Å². The molecule has 0 bridgehead atoms. The van der Waals surface area contributed by atoms with Crippen LogP contribution in [0.15, 0.2) is 30.3 Å². The molecule has 1 aromatic rings. The van der Waals surface area contributed by atoms with Crippen LogP contribution in [-0.4, -0.2) is 23.9 Å². The van der Waals surface area contributed by atoms with Crippen molar-refractivity contribution >= 4 is 5.91 Å². The van der Waals surface area contributed by atoms with Crippen LogP contribution in [0.2, 0.25) is 0 Å². The highest BCUT2D eigenvalue weighted by atomic mass is 16.2. The molecule has 2 atom stereocenters. The number of carbonyl (C=O) groups excluding carboxylic acids is 1. The van der Waals surface area contributed by atoms with Gasteiger partial charge in [0, 0.05) is 25.6 Å². The summed E-state index contributed by atoms with van der Waals surface area (Å²) in [4.78, 5) is 14.4. The van der Waals surface area contributed by atoms with Crippen LogP contribution in [0.3, 0.4) is 0 Å². The van der Waals surface area contributed by atoms with Crippen molar-refractivity contribution in [3.8, 4) is 0 Å². The summed E-state index contributed by atoms with van der Waals surface area (Å²) in [7, 11) is 0. The molecule has 1 aromatic carbocycles. The fourth-order valence-electron chi connectivity index (χ4n) is 3.13. The zero-order valence-corrected chi connectivity index (χ0v) is 13.1. The zero-order valence-electron chi connectivity index (χ0n) is 13.1. The summed E-state index contributed by atoms with van der Waals surface area (Å²) in [5.41, 5.74) is 7.29. The molecule has 1 heterocycles. The molecule has 21 heavy (non-hydrogen) atoms. The summed E-state index contributed by atoms with van der Waals surface area (Å²) in [6, 6.07) is 10.0. The Kier molecular flexibility index (Phi) is 6.24. The maximum atomic E-state index is 12.4. The second kappa shape index (κ2) is 8.18. The third-order valence-electron chi connectivity index (χ3n) is 4.67. The summed E-state index contributed by atoms with van der Waals surface area (Å²) in [5.74, 6) is 1.08. The van der Waals surface area contributed by atoms with Gasteiger partial charge >= 0.3 is 0 Å². The van der Waals surface area contributed by atoms with Gasteiger partial charge in [-0.05, 0) is 37.2 Å². The number of carbonyl (C=O) groups is 1. The quantitative estimate of drug-likeness (QED) is 0.901. The van der Waals surface area contributed by atoms with E-state index in [2.05, 4.69) is 6.92 Å². The van der Waals surface area contributed by atoms with Crippen LogP contribution >= 0.6 is 0 Å². The van der Waals surface area contributed by atoms with Crippen LogP contribution in [0.25, 0.3) is 0 Å². The molecule has 3 heteroatoms. The van der Waals surface area contributed by atoms with Gasteiger partial charge in [-0.25, -0.2) is 0 Å². The standard InChI is InChI=1S/C18H28N2O/c1-2-15-7-6-13-20(14-12-15)18(21)11-10-17(19)16-8-4-3-5-9-16/h3-5,8-9,15,17H,2,6-7,10-14,19H2,1H3. The molecule has 1 amide bonds. The summed E-state index contributed by atoms with van der Waals surface area (Å²) in [6.07, 6.45) is 6.11. The Morgan fingerprint density at radius 2 is 2.05 bits per heavy atom. The Labute approximate surface area is 128 Å². The molecule has 1 aliphatic heterocycles. The molecular formula is C18H28N2O. The molecule has 0 spiro atoms. The van der Waals surface area contributed by atoms with E-state index >= 15 is 0 Å². The van der Waals surface area contributed by atoms with Gasteiger partial charge in [0.1, 0.15) is 0 Å². The lowest BCUT2D eigenvalue weighted by Crippen LogP contribution is -2.32. The summed E-state index contributed by atoms with van der Waals surface area (Å²) < 4.78 is 0. The highest BCUT2D eigenvalue weighted by Gasteiger charge is 2.20.